The van der Waals surface area contributed by atoms with Crippen molar-refractivity contribution in [2.45, 2.75) is 0 Å². The van der Waals surface area contributed by atoms with Crippen molar-refractivity contribution < 1.29 is 4.39 Å². The maximum absolute atomic E-state index is 12.6. The standard InChI is InChI=1S/C7H2Cl2FN/c8-5-2-6(9)7(10)1-4(5)3-11/h1-2H. The molecule has 0 heterocycles. The predicted molar refractivity (Wildman–Crippen MR) is 41.1 cm³/mol. The summed E-state index contributed by atoms with van der Waals surface area (Å²) >= 11 is 10.9. The van der Waals surface area contributed by atoms with Crippen molar-refractivity contribution in [3.8, 4) is 6.07 Å². The van der Waals surface area contributed by atoms with Crippen molar-refractivity contribution in [3.05, 3.63) is 33.6 Å². The van der Waals surface area contributed by atoms with E-state index < -0.39 is 5.82 Å². The number of nitriles is 1. The van der Waals surface area contributed by atoms with Gasteiger partial charge in [-0.25, -0.2) is 4.39 Å². The molecule has 0 aliphatic heterocycles. The Morgan fingerprint density at radius 3 is 2.45 bits per heavy atom. The minimum atomic E-state index is -0.632. The summed E-state index contributed by atoms with van der Waals surface area (Å²) in [5.74, 6) is -0.632. The van der Waals surface area contributed by atoms with Gasteiger partial charge in [-0.15, -0.1) is 0 Å². The average Bonchev–Trinajstić information content (AvgIpc) is 1.97. The minimum Gasteiger partial charge on any atom is -0.205 e. The smallest absolute Gasteiger partial charge is 0.143 e. The lowest BCUT2D eigenvalue weighted by Gasteiger charge is -1.96. The molecule has 11 heavy (non-hydrogen) atoms. The number of hydrogen-bond donors (Lipinski definition) is 0. The van der Waals surface area contributed by atoms with Crippen LogP contribution in [0.2, 0.25) is 10.0 Å². The van der Waals surface area contributed by atoms with E-state index in [-0.39, 0.29) is 15.6 Å². The summed E-state index contributed by atoms with van der Waals surface area (Å²) in [6.45, 7) is 0. The van der Waals surface area contributed by atoms with Gasteiger partial charge in [-0.05, 0) is 12.1 Å². The molecule has 1 aromatic rings. The summed E-state index contributed by atoms with van der Waals surface area (Å²) < 4.78 is 12.6. The van der Waals surface area contributed by atoms with Gasteiger partial charge >= 0.3 is 0 Å². The number of benzene rings is 1. The van der Waals surface area contributed by atoms with Gasteiger partial charge < -0.3 is 0 Å². The van der Waals surface area contributed by atoms with Gasteiger partial charge in [0.2, 0.25) is 0 Å². The molecule has 0 fully saturated rings. The lowest BCUT2D eigenvalue weighted by molar-refractivity contribution is 0.628. The third-order valence-electron chi connectivity index (χ3n) is 1.13. The molecule has 0 unspecified atom stereocenters. The fraction of sp³-hybridized carbons (Fsp3) is 0. The van der Waals surface area contributed by atoms with Crippen LogP contribution in [0, 0.1) is 17.1 Å². The normalized spacial score (nSPS) is 9.27. The van der Waals surface area contributed by atoms with E-state index in [4.69, 9.17) is 28.5 Å². The number of halogens is 3. The van der Waals surface area contributed by atoms with Crippen LogP contribution in [0.15, 0.2) is 12.1 Å². The van der Waals surface area contributed by atoms with E-state index >= 15 is 0 Å². The summed E-state index contributed by atoms with van der Waals surface area (Å²) in [5.41, 5.74) is 0.0913. The van der Waals surface area contributed by atoms with Crippen LogP contribution in [-0.4, -0.2) is 0 Å². The molecule has 0 N–H and O–H groups in total. The minimum absolute atomic E-state index is 0.0750. The Hall–Kier alpha value is -0.780. The molecular weight excluding hydrogens is 188 g/mol. The predicted octanol–water partition coefficient (Wildman–Crippen LogP) is 3.00. The Morgan fingerprint density at radius 2 is 1.91 bits per heavy atom. The van der Waals surface area contributed by atoms with E-state index in [1.54, 1.807) is 6.07 Å². The highest BCUT2D eigenvalue weighted by Crippen LogP contribution is 2.23. The van der Waals surface area contributed by atoms with Gasteiger partial charge in [0.15, 0.2) is 0 Å². The monoisotopic (exact) mass is 189 g/mol. The molecule has 0 amide bonds. The SMILES string of the molecule is N#Cc1cc(F)c(Cl)cc1Cl. The van der Waals surface area contributed by atoms with Gasteiger partial charge in [0.05, 0.1) is 15.6 Å². The molecule has 1 nitrogen and oxygen atoms in total. The van der Waals surface area contributed by atoms with Gasteiger partial charge in [-0.2, -0.15) is 5.26 Å². The van der Waals surface area contributed by atoms with Crippen molar-refractivity contribution in [3.63, 3.8) is 0 Å². The topological polar surface area (TPSA) is 23.8 Å². The van der Waals surface area contributed by atoms with Gasteiger partial charge in [-0.3, -0.25) is 0 Å². The summed E-state index contributed by atoms with van der Waals surface area (Å²) in [6, 6.07) is 3.94. The van der Waals surface area contributed by atoms with Crippen LogP contribution >= 0.6 is 23.2 Å². The molecule has 0 aliphatic carbocycles. The largest absolute Gasteiger partial charge is 0.205 e. The Bertz CT molecular complexity index is 330. The van der Waals surface area contributed by atoms with E-state index in [2.05, 4.69) is 0 Å². The third kappa shape index (κ3) is 1.62. The van der Waals surface area contributed by atoms with Crippen LogP contribution in [0.1, 0.15) is 5.56 Å². The van der Waals surface area contributed by atoms with Crippen LogP contribution in [0.3, 0.4) is 0 Å². The average molecular weight is 190 g/mol. The highest BCUT2D eigenvalue weighted by atomic mass is 35.5. The molecule has 0 saturated heterocycles. The lowest BCUT2D eigenvalue weighted by Crippen LogP contribution is -1.81. The fourth-order valence-corrected chi connectivity index (χ4v) is 1.03. The van der Waals surface area contributed by atoms with E-state index in [1.165, 1.54) is 6.07 Å². The lowest BCUT2D eigenvalue weighted by atomic mass is 10.2. The molecule has 1 rings (SSSR count). The van der Waals surface area contributed by atoms with Crippen LogP contribution in [0.5, 0.6) is 0 Å². The molecule has 0 aromatic heterocycles. The van der Waals surface area contributed by atoms with Crippen LogP contribution < -0.4 is 0 Å². The Labute approximate surface area is 73.0 Å². The number of hydrogen-bond acceptors (Lipinski definition) is 1. The summed E-state index contributed by atoms with van der Waals surface area (Å²) in [7, 11) is 0. The molecule has 0 bridgehead atoms. The molecule has 0 radical (unpaired) electrons. The summed E-state index contributed by atoms with van der Waals surface area (Å²) in [6.07, 6.45) is 0. The molecule has 1 aromatic carbocycles. The van der Waals surface area contributed by atoms with Crippen molar-refractivity contribution >= 4 is 23.2 Å². The fourth-order valence-electron chi connectivity index (χ4n) is 0.608. The Kier molecular flexibility index (Phi) is 2.33. The molecule has 0 spiro atoms. The molecule has 0 saturated carbocycles. The second kappa shape index (κ2) is 3.08. The second-order valence-corrected chi connectivity index (χ2v) is 2.67. The van der Waals surface area contributed by atoms with Crippen LogP contribution in [0.25, 0.3) is 0 Å². The first kappa shape index (κ1) is 8.32. The Morgan fingerprint density at radius 1 is 1.27 bits per heavy atom. The van der Waals surface area contributed by atoms with Crippen LogP contribution in [-0.2, 0) is 0 Å². The van der Waals surface area contributed by atoms with Crippen molar-refractivity contribution in [1.82, 2.24) is 0 Å². The van der Waals surface area contributed by atoms with Gasteiger partial charge in [0.25, 0.3) is 0 Å². The van der Waals surface area contributed by atoms with Gasteiger partial charge in [-0.1, -0.05) is 23.2 Å². The Balaban J connectivity index is 3.35. The molecule has 56 valence electrons. The second-order valence-electron chi connectivity index (χ2n) is 1.86. The molecular formula is C7H2Cl2FN. The van der Waals surface area contributed by atoms with E-state index in [1.807, 2.05) is 0 Å². The van der Waals surface area contributed by atoms with E-state index in [0.717, 1.165) is 6.07 Å². The zero-order valence-corrected chi connectivity index (χ0v) is 6.75. The summed E-state index contributed by atoms with van der Waals surface area (Å²) in [5, 5.41) is 8.48. The van der Waals surface area contributed by atoms with Crippen molar-refractivity contribution in [2.24, 2.45) is 0 Å². The maximum atomic E-state index is 12.6. The quantitative estimate of drug-likeness (QED) is 0.576. The van der Waals surface area contributed by atoms with E-state index in [0.29, 0.717) is 0 Å². The zero-order chi connectivity index (χ0) is 8.43. The van der Waals surface area contributed by atoms with Crippen molar-refractivity contribution in [1.29, 1.82) is 5.26 Å². The third-order valence-corrected chi connectivity index (χ3v) is 1.73. The van der Waals surface area contributed by atoms with Gasteiger partial charge in [0, 0.05) is 0 Å². The maximum Gasteiger partial charge on any atom is 0.143 e. The summed E-state index contributed by atoms with van der Waals surface area (Å²) in [4.78, 5) is 0. The van der Waals surface area contributed by atoms with Crippen LogP contribution in [0.4, 0.5) is 4.39 Å². The number of nitrogens with zero attached hydrogens (tertiary/aromatic N) is 1. The highest BCUT2D eigenvalue weighted by Gasteiger charge is 2.05. The highest BCUT2D eigenvalue weighted by molar-refractivity contribution is 6.35. The first-order valence-electron chi connectivity index (χ1n) is 2.70. The van der Waals surface area contributed by atoms with Gasteiger partial charge in [0.1, 0.15) is 11.9 Å². The first-order chi connectivity index (χ1) is 5.15. The van der Waals surface area contributed by atoms with E-state index in [9.17, 15) is 4.39 Å². The first-order valence-corrected chi connectivity index (χ1v) is 3.45. The molecule has 4 heteroatoms. The number of rotatable bonds is 0. The molecule has 0 atom stereocenters. The van der Waals surface area contributed by atoms with Crippen molar-refractivity contribution in [2.75, 3.05) is 0 Å². The molecule has 0 aliphatic rings. The zero-order valence-electron chi connectivity index (χ0n) is 5.24.